The Morgan fingerprint density at radius 3 is 2.40 bits per heavy atom. The number of hydrogen-bond donors (Lipinski definition) is 2. The molecule has 0 bridgehead atoms. The molecule has 4 rings (SSSR count). The predicted octanol–water partition coefficient (Wildman–Crippen LogP) is 4.58. The van der Waals surface area contributed by atoms with Gasteiger partial charge in [-0.1, -0.05) is 12.1 Å². The van der Waals surface area contributed by atoms with Crippen molar-refractivity contribution in [2.45, 2.75) is 46.0 Å². The molecule has 1 amide bonds. The Kier molecular flexibility index (Phi) is 6.52. The SMILES string of the molecule is CC(=O)N1CCN(c2nc(N[C@H](C)c3cccc(C(F)(F)F)c3)c3cn(C(C)C)c(O)c3n2)CC1. The Labute approximate surface area is 201 Å². The van der Waals surface area contributed by atoms with E-state index in [1.807, 2.05) is 18.7 Å². The largest absolute Gasteiger partial charge is 0.493 e. The summed E-state index contributed by atoms with van der Waals surface area (Å²) in [5.74, 6) is 0.801. The van der Waals surface area contributed by atoms with Gasteiger partial charge < -0.3 is 24.8 Å². The Morgan fingerprint density at radius 1 is 1.11 bits per heavy atom. The van der Waals surface area contributed by atoms with E-state index in [2.05, 4.69) is 10.3 Å². The average molecular weight is 491 g/mol. The van der Waals surface area contributed by atoms with Crippen molar-refractivity contribution in [3.05, 3.63) is 41.6 Å². The molecule has 0 aliphatic carbocycles. The van der Waals surface area contributed by atoms with Gasteiger partial charge >= 0.3 is 6.18 Å². The Bertz CT molecular complexity index is 1230. The van der Waals surface area contributed by atoms with E-state index in [9.17, 15) is 23.1 Å². The van der Waals surface area contributed by atoms with Crippen LogP contribution in [-0.4, -0.2) is 56.6 Å². The third-order valence-electron chi connectivity index (χ3n) is 6.29. The molecule has 11 heteroatoms. The fourth-order valence-corrected chi connectivity index (χ4v) is 4.21. The Balaban J connectivity index is 1.72. The van der Waals surface area contributed by atoms with Gasteiger partial charge in [0.05, 0.1) is 10.9 Å². The highest BCUT2D eigenvalue weighted by atomic mass is 19.4. The van der Waals surface area contributed by atoms with Gasteiger partial charge in [-0.15, -0.1) is 0 Å². The highest BCUT2D eigenvalue weighted by molar-refractivity contribution is 5.94. The summed E-state index contributed by atoms with van der Waals surface area (Å²) in [4.78, 5) is 24.7. The number of carbonyl (C=O) groups is 1. The van der Waals surface area contributed by atoms with E-state index in [1.165, 1.54) is 13.0 Å². The van der Waals surface area contributed by atoms with Crippen LogP contribution in [0.5, 0.6) is 5.88 Å². The zero-order valence-electron chi connectivity index (χ0n) is 20.1. The second-order valence-electron chi connectivity index (χ2n) is 9.07. The number of rotatable bonds is 5. The van der Waals surface area contributed by atoms with Crippen molar-refractivity contribution in [3.8, 4) is 5.88 Å². The molecular weight excluding hydrogens is 461 g/mol. The molecule has 0 saturated carbocycles. The lowest BCUT2D eigenvalue weighted by Gasteiger charge is -2.34. The van der Waals surface area contributed by atoms with Crippen LogP contribution in [0.15, 0.2) is 30.5 Å². The number of benzene rings is 1. The van der Waals surface area contributed by atoms with Crippen LogP contribution in [0.2, 0.25) is 0 Å². The van der Waals surface area contributed by atoms with E-state index in [1.54, 1.807) is 28.7 Å². The van der Waals surface area contributed by atoms with Gasteiger partial charge in [-0.05, 0) is 38.5 Å². The maximum atomic E-state index is 13.2. The van der Waals surface area contributed by atoms with Crippen molar-refractivity contribution >= 4 is 28.6 Å². The number of hydrogen-bond acceptors (Lipinski definition) is 6. The van der Waals surface area contributed by atoms with Crippen molar-refractivity contribution in [3.63, 3.8) is 0 Å². The summed E-state index contributed by atoms with van der Waals surface area (Å²) in [6, 6.07) is 4.63. The summed E-state index contributed by atoms with van der Waals surface area (Å²) < 4.78 is 41.3. The fraction of sp³-hybridized carbons (Fsp3) is 0.458. The average Bonchev–Trinajstić information content (AvgIpc) is 3.15. The molecule has 0 radical (unpaired) electrons. The summed E-state index contributed by atoms with van der Waals surface area (Å²) in [6.07, 6.45) is -2.69. The molecule has 3 aromatic rings. The van der Waals surface area contributed by atoms with Gasteiger partial charge in [0, 0.05) is 51.4 Å². The number of amides is 1. The van der Waals surface area contributed by atoms with Gasteiger partial charge in [0.1, 0.15) is 11.3 Å². The fourth-order valence-electron chi connectivity index (χ4n) is 4.21. The van der Waals surface area contributed by atoms with E-state index in [4.69, 9.17) is 4.98 Å². The van der Waals surface area contributed by atoms with Gasteiger partial charge in [0.15, 0.2) is 0 Å². The molecule has 1 fully saturated rings. The first-order valence-corrected chi connectivity index (χ1v) is 11.5. The number of alkyl halides is 3. The maximum Gasteiger partial charge on any atom is 0.416 e. The molecule has 35 heavy (non-hydrogen) atoms. The van der Waals surface area contributed by atoms with E-state index in [0.29, 0.717) is 54.4 Å². The van der Waals surface area contributed by atoms with E-state index in [-0.39, 0.29) is 17.8 Å². The lowest BCUT2D eigenvalue weighted by Crippen LogP contribution is -2.48. The first kappa shape index (κ1) is 24.6. The maximum absolute atomic E-state index is 13.2. The van der Waals surface area contributed by atoms with Crippen LogP contribution >= 0.6 is 0 Å². The van der Waals surface area contributed by atoms with Crippen molar-refractivity contribution in [1.29, 1.82) is 0 Å². The topological polar surface area (TPSA) is 86.5 Å². The highest BCUT2D eigenvalue weighted by Crippen LogP contribution is 2.36. The Hall–Kier alpha value is -3.50. The minimum absolute atomic E-state index is 0.00389. The van der Waals surface area contributed by atoms with Crippen molar-refractivity contribution < 1.29 is 23.1 Å². The number of anilines is 2. The molecule has 2 N–H and O–H groups in total. The lowest BCUT2D eigenvalue weighted by molar-refractivity contribution is -0.137. The molecule has 3 heterocycles. The van der Waals surface area contributed by atoms with E-state index in [0.717, 1.165) is 12.1 Å². The second kappa shape index (κ2) is 9.27. The predicted molar refractivity (Wildman–Crippen MR) is 128 cm³/mol. The molecule has 8 nitrogen and oxygen atoms in total. The van der Waals surface area contributed by atoms with Crippen molar-refractivity contribution in [1.82, 2.24) is 19.4 Å². The summed E-state index contributed by atoms with van der Waals surface area (Å²) in [6.45, 7) is 9.24. The molecule has 0 spiro atoms. The van der Waals surface area contributed by atoms with Crippen LogP contribution in [0, 0.1) is 0 Å². The Morgan fingerprint density at radius 2 is 1.80 bits per heavy atom. The van der Waals surface area contributed by atoms with E-state index < -0.39 is 17.8 Å². The normalized spacial score (nSPS) is 15.7. The summed E-state index contributed by atoms with van der Waals surface area (Å²) in [5, 5.41) is 14.6. The minimum Gasteiger partial charge on any atom is -0.493 e. The lowest BCUT2D eigenvalue weighted by atomic mass is 10.0. The molecule has 1 aliphatic heterocycles. The summed E-state index contributed by atoms with van der Waals surface area (Å²) >= 11 is 0. The molecule has 1 aromatic carbocycles. The van der Waals surface area contributed by atoms with Gasteiger partial charge in [-0.2, -0.15) is 18.2 Å². The third-order valence-corrected chi connectivity index (χ3v) is 6.29. The first-order chi connectivity index (χ1) is 16.5. The van der Waals surface area contributed by atoms with Crippen LogP contribution in [-0.2, 0) is 11.0 Å². The smallest absolute Gasteiger partial charge is 0.416 e. The molecule has 0 unspecified atom stereocenters. The monoisotopic (exact) mass is 490 g/mol. The molecular formula is C24H29F3N6O2. The quantitative estimate of drug-likeness (QED) is 0.545. The van der Waals surface area contributed by atoms with Gasteiger partial charge in [0.25, 0.3) is 0 Å². The standard InChI is InChI=1S/C24H29F3N6O2/c1-14(2)33-13-19-20(22(33)35)29-23(32-10-8-31(9-11-32)16(4)34)30-21(19)28-15(3)17-6-5-7-18(12-17)24(25,26)27/h5-7,12-15,35H,8-11H2,1-4H3,(H,28,29,30)/t15-/m1/s1. The molecule has 188 valence electrons. The molecule has 1 aliphatic rings. The van der Waals surface area contributed by atoms with Crippen LogP contribution in [0.25, 0.3) is 10.9 Å². The minimum atomic E-state index is -4.44. The number of nitrogens with zero attached hydrogens (tertiary/aromatic N) is 5. The zero-order chi connectivity index (χ0) is 25.5. The number of aromatic nitrogens is 3. The van der Waals surface area contributed by atoms with Crippen molar-refractivity contribution in [2.75, 3.05) is 36.4 Å². The zero-order valence-corrected chi connectivity index (χ0v) is 20.1. The van der Waals surface area contributed by atoms with Gasteiger partial charge in [-0.3, -0.25) is 4.79 Å². The van der Waals surface area contributed by atoms with Crippen LogP contribution in [0.3, 0.4) is 0 Å². The van der Waals surface area contributed by atoms with Crippen LogP contribution in [0.1, 0.15) is 50.9 Å². The summed E-state index contributed by atoms with van der Waals surface area (Å²) in [7, 11) is 0. The molecule has 1 saturated heterocycles. The molecule has 1 atom stereocenters. The van der Waals surface area contributed by atoms with Crippen LogP contribution < -0.4 is 10.2 Å². The number of nitrogens with one attached hydrogen (secondary N) is 1. The molecule has 2 aromatic heterocycles. The van der Waals surface area contributed by atoms with E-state index >= 15 is 0 Å². The van der Waals surface area contributed by atoms with Crippen LogP contribution in [0.4, 0.5) is 24.9 Å². The number of piperazine rings is 1. The number of fused-ring (bicyclic) bond motifs is 1. The third kappa shape index (κ3) is 4.98. The first-order valence-electron chi connectivity index (χ1n) is 11.5. The van der Waals surface area contributed by atoms with Gasteiger partial charge in [0.2, 0.25) is 17.7 Å². The number of halogens is 3. The summed E-state index contributed by atoms with van der Waals surface area (Å²) in [5.41, 5.74) is 0.0938. The van der Waals surface area contributed by atoms with Gasteiger partial charge in [-0.25, -0.2) is 4.98 Å². The number of aromatic hydroxyl groups is 1. The van der Waals surface area contributed by atoms with Crippen molar-refractivity contribution in [2.24, 2.45) is 0 Å². The number of carbonyl (C=O) groups excluding carboxylic acids is 1. The second-order valence-corrected chi connectivity index (χ2v) is 9.07. The highest BCUT2D eigenvalue weighted by Gasteiger charge is 2.31.